The highest BCUT2D eigenvalue weighted by molar-refractivity contribution is 5.96. The van der Waals surface area contributed by atoms with Gasteiger partial charge in [0.05, 0.1) is 22.9 Å². The Labute approximate surface area is 210 Å². The van der Waals surface area contributed by atoms with Gasteiger partial charge in [0.2, 0.25) is 5.91 Å². The quantitative estimate of drug-likeness (QED) is 0.351. The second kappa shape index (κ2) is 9.37. The van der Waals surface area contributed by atoms with Gasteiger partial charge in [-0.3, -0.25) is 23.7 Å². The second-order valence-corrected chi connectivity index (χ2v) is 8.88. The molecule has 0 bridgehead atoms. The summed E-state index contributed by atoms with van der Waals surface area (Å²) in [5.41, 5.74) is 4.06. The number of fused-ring (bicyclic) bond motifs is 1. The number of aromatic amines is 1. The van der Waals surface area contributed by atoms with E-state index in [1.165, 1.54) is 27.7 Å². The third kappa shape index (κ3) is 4.60. The number of nitrogens with zero attached hydrogens (tertiary/aromatic N) is 6. The number of anilines is 1. The van der Waals surface area contributed by atoms with E-state index in [0.717, 1.165) is 5.56 Å². The van der Waals surface area contributed by atoms with Crippen LogP contribution in [-0.4, -0.2) is 40.0 Å². The molecule has 0 fully saturated rings. The maximum Gasteiger partial charge on any atom is 0.329 e. The fraction of sp³-hybridized carbons (Fsp3) is 0.240. The van der Waals surface area contributed by atoms with Crippen LogP contribution in [0, 0.1) is 19.7 Å². The number of aryl methyl sites for hydroxylation is 4. The van der Waals surface area contributed by atoms with Gasteiger partial charge in [-0.2, -0.15) is 10.2 Å². The van der Waals surface area contributed by atoms with Crippen LogP contribution in [0.15, 0.2) is 47.8 Å². The number of rotatable bonds is 7. The van der Waals surface area contributed by atoms with Crippen molar-refractivity contribution in [3.8, 4) is 16.9 Å². The molecule has 3 heterocycles. The summed E-state index contributed by atoms with van der Waals surface area (Å²) >= 11 is 0. The highest BCUT2D eigenvalue weighted by atomic mass is 19.1. The van der Waals surface area contributed by atoms with Gasteiger partial charge in [-0.15, -0.1) is 0 Å². The van der Waals surface area contributed by atoms with Crippen LogP contribution in [-0.2, 0) is 32.0 Å². The first-order valence-electron chi connectivity index (χ1n) is 11.5. The monoisotopic (exact) mass is 504 g/mol. The molecule has 11 nitrogen and oxygen atoms in total. The van der Waals surface area contributed by atoms with Crippen molar-refractivity contribution in [2.24, 2.45) is 14.1 Å². The molecule has 2 N–H and O–H groups in total. The first kappa shape index (κ1) is 24.0. The van der Waals surface area contributed by atoms with Crippen molar-refractivity contribution in [2.75, 3.05) is 5.32 Å². The first-order valence-corrected chi connectivity index (χ1v) is 11.5. The molecule has 12 heteroatoms. The Hall–Kier alpha value is -4.74. The fourth-order valence-corrected chi connectivity index (χ4v) is 4.41. The van der Waals surface area contributed by atoms with Gasteiger partial charge in [0.15, 0.2) is 17.4 Å². The molecule has 0 aliphatic rings. The predicted octanol–water partition coefficient (Wildman–Crippen LogP) is 2.83. The van der Waals surface area contributed by atoms with E-state index in [1.54, 1.807) is 31.9 Å². The van der Waals surface area contributed by atoms with E-state index in [-0.39, 0.29) is 30.5 Å². The molecular formula is C25H25FN8O3. The third-order valence-electron chi connectivity index (χ3n) is 6.03. The van der Waals surface area contributed by atoms with Gasteiger partial charge in [-0.25, -0.2) is 14.2 Å². The largest absolute Gasteiger partial charge is 0.482 e. The van der Waals surface area contributed by atoms with Crippen LogP contribution in [0.25, 0.3) is 22.2 Å². The summed E-state index contributed by atoms with van der Waals surface area (Å²) in [4.78, 5) is 29.9. The number of halogens is 1. The lowest BCUT2D eigenvalue weighted by molar-refractivity contribution is -0.116. The average Bonchev–Trinajstić information content (AvgIpc) is 3.56. The molecular weight excluding hydrogens is 479 g/mol. The second-order valence-electron chi connectivity index (χ2n) is 8.88. The van der Waals surface area contributed by atoms with Crippen LogP contribution in [0.3, 0.4) is 0 Å². The molecule has 0 unspecified atom stereocenters. The van der Waals surface area contributed by atoms with Crippen molar-refractivity contribution in [3.63, 3.8) is 0 Å². The summed E-state index contributed by atoms with van der Waals surface area (Å²) in [7, 11) is 3.38. The van der Waals surface area contributed by atoms with Gasteiger partial charge in [-0.05, 0) is 54.8 Å². The van der Waals surface area contributed by atoms with Crippen molar-refractivity contribution in [3.05, 3.63) is 76.2 Å². The molecule has 2 aromatic carbocycles. The zero-order chi connectivity index (χ0) is 26.3. The molecule has 0 saturated heterocycles. The lowest BCUT2D eigenvalue weighted by atomic mass is 9.99. The normalized spacial score (nSPS) is 11.3. The summed E-state index contributed by atoms with van der Waals surface area (Å²) in [6.07, 6.45) is 4.55. The van der Waals surface area contributed by atoms with Crippen LogP contribution in [0.2, 0.25) is 0 Å². The summed E-state index contributed by atoms with van der Waals surface area (Å²) in [6, 6.07) is 6.93. The van der Waals surface area contributed by atoms with Gasteiger partial charge in [-0.1, -0.05) is 0 Å². The van der Waals surface area contributed by atoms with Gasteiger partial charge in [0, 0.05) is 25.9 Å². The molecule has 0 saturated carbocycles. The number of carbonyl (C=O) groups excluding carboxylic acids is 1. The molecule has 1 amide bonds. The summed E-state index contributed by atoms with van der Waals surface area (Å²) in [5, 5.41) is 13.2. The molecule has 0 aliphatic heterocycles. The SMILES string of the molecule is Cc1cc(-c2cc(C)c(OCc3ncn[nH]3)c(F)c2)c2c(c1)n(CC(=O)Nc1cnn(C)c1)c(=O)n2C. The van der Waals surface area contributed by atoms with Crippen molar-refractivity contribution < 1.29 is 13.9 Å². The smallest absolute Gasteiger partial charge is 0.329 e. The van der Waals surface area contributed by atoms with E-state index in [4.69, 9.17) is 4.74 Å². The molecule has 0 radical (unpaired) electrons. The first-order chi connectivity index (χ1) is 17.7. The lowest BCUT2D eigenvalue weighted by Gasteiger charge is -2.13. The number of H-pyrrole nitrogens is 1. The Kier molecular flexibility index (Phi) is 6.07. The highest BCUT2D eigenvalue weighted by Gasteiger charge is 2.20. The minimum Gasteiger partial charge on any atom is -0.482 e. The molecule has 0 spiro atoms. The molecule has 37 heavy (non-hydrogen) atoms. The van der Waals surface area contributed by atoms with E-state index in [2.05, 4.69) is 25.6 Å². The fourth-order valence-electron chi connectivity index (χ4n) is 4.41. The third-order valence-corrected chi connectivity index (χ3v) is 6.03. The number of ether oxygens (including phenoxy) is 1. The molecule has 0 atom stereocenters. The highest BCUT2D eigenvalue weighted by Crippen LogP contribution is 2.34. The topological polar surface area (TPSA) is 125 Å². The summed E-state index contributed by atoms with van der Waals surface area (Å²) < 4.78 is 25.3. The number of benzene rings is 2. The number of aromatic nitrogens is 7. The van der Waals surface area contributed by atoms with Crippen molar-refractivity contribution >= 4 is 22.6 Å². The Morgan fingerprint density at radius 1 is 1.19 bits per heavy atom. The maximum absolute atomic E-state index is 15.2. The van der Waals surface area contributed by atoms with Crippen molar-refractivity contribution in [1.82, 2.24) is 34.1 Å². The predicted molar refractivity (Wildman–Crippen MR) is 135 cm³/mol. The Morgan fingerprint density at radius 2 is 2.00 bits per heavy atom. The lowest BCUT2D eigenvalue weighted by Crippen LogP contribution is -2.28. The van der Waals surface area contributed by atoms with Crippen molar-refractivity contribution in [1.29, 1.82) is 0 Å². The molecule has 5 aromatic rings. The average molecular weight is 505 g/mol. The van der Waals surface area contributed by atoms with Crippen LogP contribution >= 0.6 is 0 Å². The number of nitrogens with one attached hydrogen (secondary N) is 2. The van der Waals surface area contributed by atoms with E-state index < -0.39 is 5.82 Å². The van der Waals surface area contributed by atoms with Gasteiger partial charge >= 0.3 is 5.69 Å². The Morgan fingerprint density at radius 3 is 2.68 bits per heavy atom. The Bertz CT molecular complexity index is 1660. The summed E-state index contributed by atoms with van der Waals surface area (Å²) in [5.74, 6) is -0.306. The van der Waals surface area contributed by atoms with Gasteiger partial charge < -0.3 is 10.1 Å². The zero-order valence-electron chi connectivity index (χ0n) is 20.7. The van der Waals surface area contributed by atoms with Crippen LogP contribution in [0.5, 0.6) is 5.75 Å². The van der Waals surface area contributed by atoms with Gasteiger partial charge in [0.25, 0.3) is 0 Å². The minimum atomic E-state index is -0.538. The number of imidazole rings is 1. The zero-order valence-corrected chi connectivity index (χ0v) is 20.7. The standard InChI is InChI=1S/C25H25FN8O3/c1-14-5-18(16-7-15(2)24(19(26)8-16)37-12-21-27-13-28-31-21)23-20(6-14)34(25(36)33(23)4)11-22(35)30-17-9-29-32(3)10-17/h5-10,13H,11-12H2,1-4H3,(H,30,35)(H,27,28,31). The van der Waals surface area contributed by atoms with E-state index >= 15 is 4.39 Å². The molecule has 5 rings (SSSR count). The van der Waals surface area contributed by atoms with E-state index in [9.17, 15) is 9.59 Å². The van der Waals surface area contributed by atoms with Crippen LogP contribution in [0.4, 0.5) is 10.1 Å². The Balaban J connectivity index is 1.52. The molecule has 0 aliphatic carbocycles. The van der Waals surface area contributed by atoms with Crippen LogP contribution in [0.1, 0.15) is 17.0 Å². The number of carbonyl (C=O) groups is 1. The number of hydrogen-bond donors (Lipinski definition) is 2. The van der Waals surface area contributed by atoms with E-state index in [0.29, 0.717) is 39.2 Å². The van der Waals surface area contributed by atoms with Crippen LogP contribution < -0.4 is 15.7 Å². The number of hydrogen-bond acceptors (Lipinski definition) is 6. The van der Waals surface area contributed by atoms with Gasteiger partial charge in [0.1, 0.15) is 19.5 Å². The van der Waals surface area contributed by atoms with Crippen molar-refractivity contribution in [2.45, 2.75) is 27.0 Å². The number of amides is 1. The molecule has 3 aromatic heterocycles. The van der Waals surface area contributed by atoms with E-state index in [1.807, 2.05) is 25.1 Å². The summed E-state index contributed by atoms with van der Waals surface area (Å²) in [6.45, 7) is 3.50. The maximum atomic E-state index is 15.2. The minimum absolute atomic E-state index is 0.0459. The molecule has 190 valence electrons.